The van der Waals surface area contributed by atoms with Gasteiger partial charge in [0.25, 0.3) is 0 Å². The van der Waals surface area contributed by atoms with Crippen molar-refractivity contribution >= 4 is 21.4 Å². The number of benzene rings is 1. The molecule has 0 saturated carbocycles. The Morgan fingerprint density at radius 3 is 2.54 bits per heavy atom. The Kier molecular flexibility index (Phi) is 4.58. The zero-order valence-electron chi connectivity index (χ0n) is 13.8. The average molecular weight is 361 g/mol. The fraction of sp³-hybridized carbons (Fsp3) is 0.235. The first kappa shape index (κ1) is 16.9. The maximum Gasteiger partial charge on any atom is 0.242 e. The molecular weight excluding hydrogens is 342 g/mol. The molecule has 3 aromatic rings. The van der Waals surface area contributed by atoms with Gasteiger partial charge in [0.2, 0.25) is 10.0 Å². The van der Waals surface area contributed by atoms with Crippen LogP contribution in [-0.4, -0.2) is 18.0 Å². The van der Waals surface area contributed by atoms with E-state index in [1.165, 1.54) is 11.3 Å². The molecule has 0 aliphatic rings. The topological polar surface area (TPSA) is 64.0 Å². The third kappa shape index (κ3) is 3.28. The van der Waals surface area contributed by atoms with Crippen molar-refractivity contribution in [2.24, 2.45) is 7.05 Å². The standard InChI is InChI=1S/C17H19N3O2S2/c1-12-11-23-17(19-12)15-9-16(13(2)20(15)3)24(21,22)18-10-14-7-5-4-6-8-14/h4-9,11,18H,10H2,1-3H3. The lowest BCUT2D eigenvalue weighted by Gasteiger charge is -2.07. The van der Waals surface area contributed by atoms with Crippen LogP contribution in [0.25, 0.3) is 10.7 Å². The number of nitrogens with one attached hydrogen (secondary N) is 1. The summed E-state index contributed by atoms with van der Waals surface area (Å²) in [6.07, 6.45) is 0. The number of aromatic nitrogens is 2. The highest BCUT2D eigenvalue weighted by atomic mass is 32.2. The van der Waals surface area contributed by atoms with Crippen LogP contribution in [-0.2, 0) is 23.6 Å². The van der Waals surface area contributed by atoms with Gasteiger partial charge in [0.05, 0.1) is 5.69 Å². The van der Waals surface area contributed by atoms with E-state index in [1.807, 2.05) is 54.3 Å². The third-order valence-electron chi connectivity index (χ3n) is 3.93. The SMILES string of the molecule is Cc1csc(-c2cc(S(=O)(=O)NCc3ccccc3)c(C)n2C)n1. The van der Waals surface area contributed by atoms with E-state index in [2.05, 4.69) is 9.71 Å². The van der Waals surface area contributed by atoms with Gasteiger partial charge in [-0.3, -0.25) is 0 Å². The molecule has 0 unspecified atom stereocenters. The van der Waals surface area contributed by atoms with Crippen LogP contribution in [0.15, 0.2) is 46.7 Å². The lowest BCUT2D eigenvalue weighted by molar-refractivity contribution is 0.580. The van der Waals surface area contributed by atoms with Crippen molar-refractivity contribution < 1.29 is 8.42 Å². The van der Waals surface area contributed by atoms with Gasteiger partial charge in [-0.05, 0) is 25.5 Å². The molecule has 0 amide bonds. The predicted octanol–water partition coefficient (Wildman–Crippen LogP) is 3.24. The number of nitrogens with zero attached hydrogens (tertiary/aromatic N) is 2. The van der Waals surface area contributed by atoms with E-state index >= 15 is 0 Å². The smallest absolute Gasteiger partial charge is 0.242 e. The minimum Gasteiger partial charge on any atom is -0.345 e. The van der Waals surface area contributed by atoms with Gasteiger partial charge in [0.15, 0.2) is 0 Å². The number of sulfonamides is 1. The summed E-state index contributed by atoms with van der Waals surface area (Å²) in [5, 5.41) is 2.78. The maximum absolute atomic E-state index is 12.7. The number of hydrogen-bond donors (Lipinski definition) is 1. The molecule has 1 aromatic carbocycles. The van der Waals surface area contributed by atoms with E-state index in [0.717, 1.165) is 22.0 Å². The zero-order valence-corrected chi connectivity index (χ0v) is 15.4. The van der Waals surface area contributed by atoms with Crippen LogP contribution >= 0.6 is 11.3 Å². The summed E-state index contributed by atoms with van der Waals surface area (Å²) in [5.74, 6) is 0. The molecule has 0 atom stereocenters. The first-order chi connectivity index (χ1) is 11.4. The molecule has 0 spiro atoms. The highest BCUT2D eigenvalue weighted by Crippen LogP contribution is 2.29. The monoisotopic (exact) mass is 361 g/mol. The number of hydrogen-bond acceptors (Lipinski definition) is 4. The molecular formula is C17H19N3O2S2. The first-order valence-electron chi connectivity index (χ1n) is 7.51. The Morgan fingerprint density at radius 2 is 1.92 bits per heavy atom. The van der Waals surface area contributed by atoms with Crippen LogP contribution in [0, 0.1) is 13.8 Å². The van der Waals surface area contributed by atoms with Crippen LogP contribution in [0.5, 0.6) is 0 Å². The second-order valence-corrected chi connectivity index (χ2v) is 8.24. The molecule has 1 N–H and O–H groups in total. The summed E-state index contributed by atoms with van der Waals surface area (Å²) in [6, 6.07) is 11.2. The molecule has 0 saturated heterocycles. The molecule has 0 aliphatic carbocycles. The molecule has 126 valence electrons. The van der Waals surface area contributed by atoms with Crippen molar-refractivity contribution in [3.63, 3.8) is 0 Å². The number of rotatable bonds is 5. The van der Waals surface area contributed by atoms with Crippen molar-refractivity contribution in [1.29, 1.82) is 0 Å². The lowest BCUT2D eigenvalue weighted by Crippen LogP contribution is -2.23. The molecule has 2 heterocycles. The van der Waals surface area contributed by atoms with Crippen molar-refractivity contribution in [1.82, 2.24) is 14.3 Å². The summed E-state index contributed by atoms with van der Waals surface area (Å²) >= 11 is 1.51. The van der Waals surface area contributed by atoms with Crippen molar-refractivity contribution in [3.05, 3.63) is 58.7 Å². The quantitative estimate of drug-likeness (QED) is 0.759. The summed E-state index contributed by atoms with van der Waals surface area (Å²) in [6.45, 7) is 4.00. The highest BCUT2D eigenvalue weighted by molar-refractivity contribution is 7.89. The van der Waals surface area contributed by atoms with Gasteiger partial charge in [-0.15, -0.1) is 11.3 Å². The van der Waals surface area contributed by atoms with E-state index < -0.39 is 10.0 Å². The maximum atomic E-state index is 12.7. The van der Waals surface area contributed by atoms with E-state index in [4.69, 9.17) is 0 Å². The van der Waals surface area contributed by atoms with Gasteiger partial charge in [-0.25, -0.2) is 18.1 Å². The molecule has 0 radical (unpaired) electrons. The Labute approximate surface area is 146 Å². The van der Waals surface area contributed by atoms with Crippen molar-refractivity contribution in [3.8, 4) is 10.7 Å². The summed E-state index contributed by atoms with van der Waals surface area (Å²) in [4.78, 5) is 4.75. The average Bonchev–Trinajstić information content (AvgIpc) is 3.11. The van der Waals surface area contributed by atoms with E-state index in [9.17, 15) is 8.42 Å². The van der Waals surface area contributed by atoms with Gasteiger partial charge in [-0.1, -0.05) is 30.3 Å². The largest absolute Gasteiger partial charge is 0.345 e. The van der Waals surface area contributed by atoms with E-state index in [1.54, 1.807) is 13.0 Å². The normalized spacial score (nSPS) is 11.8. The minimum absolute atomic E-state index is 0.267. The fourth-order valence-corrected chi connectivity index (χ4v) is 4.63. The second kappa shape index (κ2) is 6.51. The summed E-state index contributed by atoms with van der Waals surface area (Å²) in [5.41, 5.74) is 3.36. The van der Waals surface area contributed by atoms with Crippen LogP contribution in [0.4, 0.5) is 0 Å². The molecule has 0 aliphatic heterocycles. The fourth-order valence-electron chi connectivity index (χ4n) is 2.47. The molecule has 24 heavy (non-hydrogen) atoms. The first-order valence-corrected chi connectivity index (χ1v) is 9.87. The van der Waals surface area contributed by atoms with Crippen LogP contribution in [0.2, 0.25) is 0 Å². The Bertz CT molecular complexity index is 957. The lowest BCUT2D eigenvalue weighted by atomic mass is 10.2. The zero-order chi connectivity index (χ0) is 17.3. The molecule has 0 bridgehead atoms. The van der Waals surface area contributed by atoms with E-state index in [0.29, 0.717) is 10.6 Å². The van der Waals surface area contributed by atoms with E-state index in [-0.39, 0.29) is 6.54 Å². The Morgan fingerprint density at radius 1 is 1.21 bits per heavy atom. The molecule has 5 nitrogen and oxygen atoms in total. The van der Waals surface area contributed by atoms with Crippen LogP contribution in [0.1, 0.15) is 17.0 Å². The minimum atomic E-state index is -3.59. The second-order valence-electron chi connectivity index (χ2n) is 5.64. The number of thiazole rings is 1. The number of aryl methyl sites for hydroxylation is 1. The van der Waals surface area contributed by atoms with Gasteiger partial charge in [0, 0.05) is 30.4 Å². The molecule has 3 rings (SSSR count). The van der Waals surface area contributed by atoms with Gasteiger partial charge in [-0.2, -0.15) is 0 Å². The van der Waals surface area contributed by atoms with Gasteiger partial charge >= 0.3 is 0 Å². The Balaban J connectivity index is 1.91. The summed E-state index contributed by atoms with van der Waals surface area (Å²) < 4.78 is 29.9. The van der Waals surface area contributed by atoms with Crippen LogP contribution < -0.4 is 4.72 Å². The highest BCUT2D eigenvalue weighted by Gasteiger charge is 2.23. The Hall–Kier alpha value is -1.96. The molecule has 0 fully saturated rings. The van der Waals surface area contributed by atoms with Crippen molar-refractivity contribution in [2.45, 2.75) is 25.3 Å². The summed E-state index contributed by atoms with van der Waals surface area (Å²) in [7, 11) is -1.73. The third-order valence-corrected chi connectivity index (χ3v) is 6.42. The molecule has 2 aromatic heterocycles. The van der Waals surface area contributed by atoms with Crippen LogP contribution in [0.3, 0.4) is 0 Å². The van der Waals surface area contributed by atoms with Gasteiger partial charge in [0.1, 0.15) is 9.90 Å². The van der Waals surface area contributed by atoms with Crippen molar-refractivity contribution in [2.75, 3.05) is 0 Å². The van der Waals surface area contributed by atoms with Gasteiger partial charge < -0.3 is 4.57 Å². The predicted molar refractivity (Wildman–Crippen MR) is 96.5 cm³/mol. The molecule has 7 heteroatoms.